The monoisotopic (exact) mass is 338 g/mol. The Morgan fingerprint density at radius 2 is 2.19 bits per heavy atom. The van der Waals surface area contributed by atoms with Gasteiger partial charge in [-0.25, -0.2) is 4.98 Å². The summed E-state index contributed by atoms with van der Waals surface area (Å²) in [6.45, 7) is 0. The number of ether oxygens (including phenoxy) is 1. The Bertz CT molecular complexity index is 797. The summed E-state index contributed by atoms with van der Waals surface area (Å²) in [6, 6.07) is 9.34. The standard InChI is InChI=1S/C14H11ClN2O2S2/c1-19-9-3-2-4-10-13(9)17-14(21-10)16-12(18)7-8-5-6-11(15)20-8/h2-6H,7H2,1H3,(H,16,17,18). The lowest BCUT2D eigenvalue weighted by atomic mass is 10.3. The van der Waals surface area contributed by atoms with E-state index in [1.807, 2.05) is 24.3 Å². The second-order valence-electron chi connectivity index (χ2n) is 4.26. The first-order valence-electron chi connectivity index (χ1n) is 6.13. The summed E-state index contributed by atoms with van der Waals surface area (Å²) in [6.07, 6.45) is 0.296. The Labute approximate surface area is 134 Å². The average molecular weight is 339 g/mol. The van der Waals surface area contributed by atoms with E-state index in [2.05, 4.69) is 10.3 Å². The predicted molar refractivity (Wildman–Crippen MR) is 87.8 cm³/mol. The second-order valence-corrected chi connectivity index (χ2v) is 7.09. The molecular weight excluding hydrogens is 328 g/mol. The van der Waals surface area contributed by atoms with Crippen LogP contribution in [-0.2, 0) is 11.2 Å². The van der Waals surface area contributed by atoms with Crippen molar-refractivity contribution in [1.82, 2.24) is 4.98 Å². The fraction of sp³-hybridized carbons (Fsp3) is 0.143. The smallest absolute Gasteiger partial charge is 0.231 e. The molecule has 3 aromatic rings. The van der Waals surface area contributed by atoms with Gasteiger partial charge in [0.15, 0.2) is 5.13 Å². The van der Waals surface area contributed by atoms with Crippen LogP contribution in [0.15, 0.2) is 30.3 Å². The van der Waals surface area contributed by atoms with E-state index in [-0.39, 0.29) is 5.91 Å². The van der Waals surface area contributed by atoms with E-state index in [4.69, 9.17) is 16.3 Å². The van der Waals surface area contributed by atoms with Crippen molar-refractivity contribution in [3.05, 3.63) is 39.5 Å². The molecule has 0 bridgehead atoms. The Morgan fingerprint density at radius 3 is 2.90 bits per heavy atom. The van der Waals surface area contributed by atoms with Crippen LogP contribution in [-0.4, -0.2) is 18.0 Å². The Kier molecular flexibility index (Phi) is 4.10. The van der Waals surface area contributed by atoms with E-state index in [0.717, 1.165) is 15.1 Å². The quantitative estimate of drug-likeness (QED) is 0.775. The summed E-state index contributed by atoms with van der Waals surface area (Å²) in [4.78, 5) is 17.3. The van der Waals surface area contributed by atoms with E-state index in [1.54, 1.807) is 13.2 Å². The van der Waals surface area contributed by atoms with E-state index < -0.39 is 0 Å². The van der Waals surface area contributed by atoms with Crippen molar-refractivity contribution in [2.45, 2.75) is 6.42 Å². The highest BCUT2D eigenvalue weighted by Gasteiger charge is 2.12. The molecule has 2 aromatic heterocycles. The van der Waals surface area contributed by atoms with Crippen molar-refractivity contribution in [1.29, 1.82) is 0 Å². The molecule has 1 aromatic carbocycles. The van der Waals surface area contributed by atoms with E-state index in [0.29, 0.717) is 21.6 Å². The number of carbonyl (C=O) groups excluding carboxylic acids is 1. The second kappa shape index (κ2) is 6.01. The zero-order valence-corrected chi connectivity index (χ0v) is 13.4. The predicted octanol–water partition coefficient (Wildman–Crippen LogP) is 4.20. The Morgan fingerprint density at radius 1 is 1.33 bits per heavy atom. The third kappa shape index (κ3) is 3.18. The molecule has 108 valence electrons. The molecule has 0 saturated heterocycles. The lowest BCUT2D eigenvalue weighted by Crippen LogP contribution is -2.13. The Hall–Kier alpha value is -1.63. The van der Waals surface area contributed by atoms with Crippen LogP contribution < -0.4 is 10.1 Å². The molecule has 0 fully saturated rings. The number of nitrogens with one attached hydrogen (secondary N) is 1. The molecule has 0 saturated carbocycles. The van der Waals surface area contributed by atoms with Crippen LogP contribution in [0.2, 0.25) is 4.34 Å². The molecule has 1 N–H and O–H groups in total. The van der Waals surface area contributed by atoms with Crippen LogP contribution in [0.5, 0.6) is 5.75 Å². The van der Waals surface area contributed by atoms with Gasteiger partial charge in [0.05, 0.1) is 22.6 Å². The maximum absolute atomic E-state index is 12.0. The van der Waals surface area contributed by atoms with Gasteiger partial charge >= 0.3 is 0 Å². The summed E-state index contributed by atoms with van der Waals surface area (Å²) in [7, 11) is 1.60. The largest absolute Gasteiger partial charge is 0.494 e. The first-order chi connectivity index (χ1) is 10.2. The number of halogens is 1. The van der Waals surface area contributed by atoms with Gasteiger partial charge in [0.2, 0.25) is 5.91 Å². The molecule has 4 nitrogen and oxygen atoms in total. The number of carbonyl (C=O) groups is 1. The van der Waals surface area contributed by atoms with E-state index in [1.165, 1.54) is 22.7 Å². The molecule has 0 spiro atoms. The number of rotatable bonds is 4. The zero-order valence-electron chi connectivity index (χ0n) is 11.1. The molecule has 0 atom stereocenters. The molecule has 2 heterocycles. The number of anilines is 1. The van der Waals surface area contributed by atoms with Crippen molar-refractivity contribution in [3.63, 3.8) is 0 Å². The SMILES string of the molecule is COc1cccc2sc(NC(=O)Cc3ccc(Cl)s3)nc12. The lowest BCUT2D eigenvalue weighted by molar-refractivity contribution is -0.115. The molecule has 1 amide bonds. The Balaban J connectivity index is 1.77. The van der Waals surface area contributed by atoms with Gasteiger partial charge in [-0.2, -0.15) is 0 Å². The minimum Gasteiger partial charge on any atom is -0.494 e. The number of methoxy groups -OCH3 is 1. The number of nitrogens with zero attached hydrogens (tertiary/aromatic N) is 1. The van der Waals surface area contributed by atoms with Crippen LogP contribution in [0.25, 0.3) is 10.2 Å². The zero-order chi connectivity index (χ0) is 14.8. The molecule has 3 rings (SSSR count). The van der Waals surface area contributed by atoms with Gasteiger partial charge in [0, 0.05) is 4.88 Å². The van der Waals surface area contributed by atoms with Crippen molar-refractivity contribution in [2.24, 2.45) is 0 Å². The summed E-state index contributed by atoms with van der Waals surface area (Å²) in [5.41, 5.74) is 0.763. The number of amides is 1. The lowest BCUT2D eigenvalue weighted by Gasteiger charge is -1.99. The molecule has 0 aliphatic rings. The number of thiazole rings is 1. The maximum Gasteiger partial charge on any atom is 0.231 e. The summed E-state index contributed by atoms with van der Waals surface area (Å²) >= 11 is 8.68. The third-order valence-electron chi connectivity index (χ3n) is 2.81. The van der Waals surface area contributed by atoms with Crippen LogP contribution in [0.4, 0.5) is 5.13 Å². The summed E-state index contributed by atoms with van der Waals surface area (Å²) < 4.78 is 6.92. The van der Waals surface area contributed by atoms with Crippen LogP contribution >= 0.6 is 34.3 Å². The van der Waals surface area contributed by atoms with Crippen LogP contribution in [0, 0.1) is 0 Å². The number of para-hydroxylation sites is 1. The molecular formula is C14H11ClN2O2S2. The van der Waals surface area contributed by atoms with Crippen molar-refractivity contribution < 1.29 is 9.53 Å². The maximum atomic E-state index is 12.0. The highest BCUT2D eigenvalue weighted by Crippen LogP contribution is 2.32. The fourth-order valence-corrected chi connectivity index (χ4v) is 3.90. The number of fused-ring (bicyclic) bond motifs is 1. The van der Waals surface area contributed by atoms with Crippen molar-refractivity contribution in [3.8, 4) is 5.75 Å². The first-order valence-corrected chi connectivity index (χ1v) is 8.14. The van der Waals surface area contributed by atoms with Crippen molar-refractivity contribution in [2.75, 3.05) is 12.4 Å². The van der Waals surface area contributed by atoms with Gasteiger partial charge < -0.3 is 10.1 Å². The summed E-state index contributed by atoms with van der Waals surface area (Å²) in [5, 5.41) is 3.39. The number of hydrogen-bond acceptors (Lipinski definition) is 5. The molecule has 21 heavy (non-hydrogen) atoms. The van der Waals surface area contributed by atoms with E-state index in [9.17, 15) is 4.79 Å². The number of benzene rings is 1. The highest BCUT2D eigenvalue weighted by atomic mass is 35.5. The third-order valence-corrected chi connectivity index (χ3v) is 4.98. The number of aromatic nitrogens is 1. The number of hydrogen-bond donors (Lipinski definition) is 1. The van der Waals surface area contributed by atoms with Crippen LogP contribution in [0.1, 0.15) is 4.88 Å². The van der Waals surface area contributed by atoms with Gasteiger partial charge in [0.1, 0.15) is 11.3 Å². The van der Waals surface area contributed by atoms with Gasteiger partial charge in [-0.3, -0.25) is 4.79 Å². The molecule has 0 radical (unpaired) electrons. The summed E-state index contributed by atoms with van der Waals surface area (Å²) in [5.74, 6) is 0.598. The van der Waals surface area contributed by atoms with Gasteiger partial charge in [0.25, 0.3) is 0 Å². The van der Waals surface area contributed by atoms with Gasteiger partial charge in [-0.05, 0) is 24.3 Å². The van der Waals surface area contributed by atoms with Gasteiger partial charge in [-0.1, -0.05) is 29.0 Å². The van der Waals surface area contributed by atoms with Crippen molar-refractivity contribution >= 4 is 55.5 Å². The van der Waals surface area contributed by atoms with Crippen LogP contribution in [0.3, 0.4) is 0 Å². The first kappa shape index (κ1) is 14.3. The topological polar surface area (TPSA) is 51.2 Å². The van der Waals surface area contributed by atoms with E-state index >= 15 is 0 Å². The molecule has 0 unspecified atom stereocenters. The number of thiophene rings is 1. The minimum atomic E-state index is -0.105. The minimum absolute atomic E-state index is 0.105. The molecule has 7 heteroatoms. The molecule has 0 aliphatic heterocycles. The molecule has 0 aliphatic carbocycles. The van der Waals surface area contributed by atoms with Gasteiger partial charge in [-0.15, -0.1) is 11.3 Å². The highest BCUT2D eigenvalue weighted by molar-refractivity contribution is 7.22. The fourth-order valence-electron chi connectivity index (χ4n) is 1.91. The average Bonchev–Trinajstić information content (AvgIpc) is 3.03. The normalized spacial score (nSPS) is 10.8.